The summed E-state index contributed by atoms with van der Waals surface area (Å²) in [4.78, 5) is 14.2. The monoisotopic (exact) mass is 389 g/mol. The third kappa shape index (κ3) is 3.67. The third-order valence-electron chi connectivity index (χ3n) is 3.86. The van der Waals surface area contributed by atoms with E-state index in [2.05, 4.69) is 15.9 Å². The van der Waals surface area contributed by atoms with Gasteiger partial charge in [0.25, 0.3) is 0 Å². The molecule has 0 fully saturated rings. The van der Waals surface area contributed by atoms with E-state index in [0.29, 0.717) is 23.0 Å². The van der Waals surface area contributed by atoms with Crippen molar-refractivity contribution < 1.29 is 18.3 Å². The molecule has 1 aliphatic rings. The van der Waals surface area contributed by atoms with Gasteiger partial charge in [0.2, 0.25) is 0 Å². The molecule has 6 heteroatoms. The fourth-order valence-electron chi connectivity index (χ4n) is 2.88. The molecule has 1 atom stereocenters. The minimum Gasteiger partial charge on any atom is -0.443 e. The van der Waals surface area contributed by atoms with Gasteiger partial charge in [-0.1, -0.05) is 13.8 Å². The van der Waals surface area contributed by atoms with Crippen LogP contribution >= 0.6 is 15.9 Å². The van der Waals surface area contributed by atoms with E-state index in [9.17, 15) is 13.6 Å². The lowest BCUT2D eigenvalue weighted by Crippen LogP contribution is -2.49. The molecule has 0 saturated carbocycles. The molecule has 128 valence electrons. The summed E-state index contributed by atoms with van der Waals surface area (Å²) in [7, 11) is 0. The van der Waals surface area contributed by atoms with Crippen LogP contribution in [-0.2, 0) is 11.2 Å². The average Bonchev–Trinajstić information content (AvgIpc) is 2.41. The van der Waals surface area contributed by atoms with Gasteiger partial charge in [-0.05, 0) is 61.5 Å². The summed E-state index contributed by atoms with van der Waals surface area (Å²) in [5, 5.41) is 0. The van der Waals surface area contributed by atoms with Gasteiger partial charge >= 0.3 is 6.09 Å². The van der Waals surface area contributed by atoms with Crippen LogP contribution in [0.3, 0.4) is 0 Å². The normalized spacial score (nSPS) is 18.1. The van der Waals surface area contributed by atoms with Gasteiger partial charge in [0.05, 0.1) is 5.69 Å². The van der Waals surface area contributed by atoms with E-state index in [1.165, 1.54) is 4.90 Å². The topological polar surface area (TPSA) is 29.5 Å². The van der Waals surface area contributed by atoms with Crippen molar-refractivity contribution in [3.05, 3.63) is 27.7 Å². The Morgan fingerprint density at radius 1 is 1.39 bits per heavy atom. The van der Waals surface area contributed by atoms with Gasteiger partial charge in [-0.3, -0.25) is 4.90 Å². The molecule has 1 aromatic carbocycles. The van der Waals surface area contributed by atoms with Crippen molar-refractivity contribution in [1.29, 1.82) is 0 Å². The van der Waals surface area contributed by atoms with Crippen molar-refractivity contribution in [2.75, 3.05) is 4.90 Å². The van der Waals surface area contributed by atoms with E-state index in [0.717, 1.165) is 6.07 Å². The number of fused-ring (bicyclic) bond motifs is 1. The standard InChI is InChI=1S/C17H22BrF2NO2/c1-9(2)13-7-6-10-14(20)12(19)8-11(18)15(10)21(13)16(22)23-17(3,4)5/h8-9,13H,6-7H2,1-5H3. The number of hydrogen-bond acceptors (Lipinski definition) is 2. The zero-order valence-corrected chi connectivity index (χ0v) is 15.6. The molecule has 0 bridgehead atoms. The average molecular weight is 390 g/mol. The number of ether oxygens (including phenoxy) is 1. The summed E-state index contributed by atoms with van der Waals surface area (Å²) in [5.74, 6) is -1.64. The summed E-state index contributed by atoms with van der Waals surface area (Å²) >= 11 is 3.28. The Labute approximate surface area is 144 Å². The van der Waals surface area contributed by atoms with Crippen LogP contribution in [0.2, 0.25) is 0 Å². The first-order valence-electron chi connectivity index (χ1n) is 7.71. The van der Waals surface area contributed by atoms with Gasteiger partial charge in [0.15, 0.2) is 11.6 Å². The van der Waals surface area contributed by atoms with Crippen molar-refractivity contribution in [2.24, 2.45) is 5.92 Å². The second kappa shape index (κ2) is 6.38. The molecule has 2 rings (SSSR count). The maximum atomic E-state index is 14.2. The predicted molar refractivity (Wildman–Crippen MR) is 89.7 cm³/mol. The van der Waals surface area contributed by atoms with Crippen LogP contribution in [0, 0.1) is 17.6 Å². The zero-order chi connectivity index (χ0) is 17.5. The summed E-state index contributed by atoms with van der Waals surface area (Å²) < 4.78 is 33.7. The number of halogens is 3. The molecule has 0 saturated heterocycles. The van der Waals surface area contributed by atoms with Gasteiger partial charge in [0.1, 0.15) is 5.60 Å². The summed E-state index contributed by atoms with van der Waals surface area (Å²) in [6.07, 6.45) is 0.417. The highest BCUT2D eigenvalue weighted by Crippen LogP contribution is 2.41. The first-order chi connectivity index (χ1) is 10.5. The molecule has 0 aromatic heterocycles. The molecule has 1 aliphatic heterocycles. The van der Waals surface area contributed by atoms with Crippen LogP contribution in [0.15, 0.2) is 10.5 Å². The first-order valence-corrected chi connectivity index (χ1v) is 8.50. The van der Waals surface area contributed by atoms with Crippen LogP contribution in [0.4, 0.5) is 19.3 Å². The molecule has 1 heterocycles. The number of anilines is 1. The van der Waals surface area contributed by atoms with Crippen molar-refractivity contribution >= 4 is 27.7 Å². The number of nitrogens with zero attached hydrogens (tertiary/aromatic N) is 1. The fourth-order valence-corrected chi connectivity index (χ4v) is 3.51. The molecule has 0 spiro atoms. The molecular weight excluding hydrogens is 368 g/mol. The number of hydrogen-bond donors (Lipinski definition) is 0. The highest BCUT2D eigenvalue weighted by Gasteiger charge is 2.38. The fraction of sp³-hybridized carbons (Fsp3) is 0.588. The van der Waals surface area contributed by atoms with Gasteiger partial charge in [0, 0.05) is 16.1 Å². The predicted octanol–water partition coefficient (Wildman–Crippen LogP) is 5.44. The molecule has 1 unspecified atom stereocenters. The molecule has 0 radical (unpaired) electrons. The quantitative estimate of drug-likeness (QED) is 0.598. The largest absolute Gasteiger partial charge is 0.443 e. The van der Waals surface area contributed by atoms with Crippen molar-refractivity contribution in [3.8, 4) is 0 Å². The molecular formula is C17H22BrF2NO2. The molecule has 0 aliphatic carbocycles. The van der Waals surface area contributed by atoms with Gasteiger partial charge in [-0.25, -0.2) is 13.6 Å². The Morgan fingerprint density at radius 2 is 2.00 bits per heavy atom. The van der Waals surface area contributed by atoms with Crippen molar-refractivity contribution in [2.45, 2.75) is 59.1 Å². The first kappa shape index (κ1) is 18.2. The van der Waals surface area contributed by atoms with Crippen LogP contribution in [-0.4, -0.2) is 17.7 Å². The Kier molecular flexibility index (Phi) is 5.04. The Hall–Kier alpha value is -1.17. The minimum absolute atomic E-state index is 0.126. The lowest BCUT2D eigenvalue weighted by Gasteiger charge is -2.40. The molecule has 1 amide bonds. The van der Waals surface area contributed by atoms with Crippen LogP contribution in [0.5, 0.6) is 0 Å². The second-order valence-corrected chi connectivity index (χ2v) is 8.04. The van der Waals surface area contributed by atoms with Gasteiger partial charge in [-0.15, -0.1) is 0 Å². The zero-order valence-electron chi connectivity index (χ0n) is 14.0. The number of benzene rings is 1. The Bertz CT molecular complexity index is 626. The van der Waals surface area contributed by atoms with Crippen molar-refractivity contribution in [3.63, 3.8) is 0 Å². The van der Waals surface area contributed by atoms with Crippen LogP contribution in [0.25, 0.3) is 0 Å². The van der Waals surface area contributed by atoms with Crippen molar-refractivity contribution in [1.82, 2.24) is 0 Å². The third-order valence-corrected chi connectivity index (χ3v) is 4.47. The van der Waals surface area contributed by atoms with E-state index >= 15 is 0 Å². The van der Waals surface area contributed by atoms with E-state index in [1.54, 1.807) is 20.8 Å². The Morgan fingerprint density at radius 3 is 2.52 bits per heavy atom. The maximum Gasteiger partial charge on any atom is 0.415 e. The maximum absolute atomic E-state index is 14.2. The van der Waals surface area contributed by atoms with E-state index < -0.39 is 23.3 Å². The van der Waals surface area contributed by atoms with Crippen LogP contribution in [0.1, 0.15) is 46.6 Å². The van der Waals surface area contributed by atoms with E-state index in [1.807, 2.05) is 13.8 Å². The van der Waals surface area contributed by atoms with E-state index in [4.69, 9.17) is 4.74 Å². The number of rotatable bonds is 1. The highest BCUT2D eigenvalue weighted by atomic mass is 79.9. The lowest BCUT2D eigenvalue weighted by molar-refractivity contribution is 0.0550. The summed E-state index contributed by atoms with van der Waals surface area (Å²) in [6, 6.07) is 0.937. The molecule has 3 nitrogen and oxygen atoms in total. The van der Waals surface area contributed by atoms with E-state index in [-0.39, 0.29) is 17.5 Å². The second-order valence-electron chi connectivity index (χ2n) is 7.18. The van der Waals surface area contributed by atoms with Gasteiger partial charge in [-0.2, -0.15) is 0 Å². The van der Waals surface area contributed by atoms with Crippen LogP contribution < -0.4 is 4.90 Å². The SMILES string of the molecule is CC(C)C1CCc2c(F)c(F)cc(Br)c2N1C(=O)OC(C)(C)C. The lowest BCUT2D eigenvalue weighted by atomic mass is 9.89. The molecule has 1 aromatic rings. The minimum atomic E-state index is -0.914. The summed E-state index contributed by atoms with van der Waals surface area (Å²) in [6.45, 7) is 9.34. The van der Waals surface area contributed by atoms with Gasteiger partial charge < -0.3 is 4.74 Å². The Balaban J connectivity index is 2.57. The smallest absolute Gasteiger partial charge is 0.415 e. The summed E-state index contributed by atoms with van der Waals surface area (Å²) in [5.41, 5.74) is -0.0656. The number of amides is 1. The highest BCUT2D eigenvalue weighted by molar-refractivity contribution is 9.10. The molecule has 0 N–H and O–H groups in total. The number of carbonyl (C=O) groups excluding carboxylic acids is 1. The molecule has 23 heavy (non-hydrogen) atoms. The number of carbonyl (C=O) groups is 1.